The Kier molecular flexibility index (Phi) is 3.58. The maximum atomic E-state index is 11.9. The molecule has 0 radical (unpaired) electrons. The Hall–Kier alpha value is -1.62. The first-order chi connectivity index (χ1) is 8.16. The average Bonchev–Trinajstić information content (AvgIpc) is 2.30. The number of aryl methyl sites for hydroxylation is 1. The summed E-state index contributed by atoms with van der Waals surface area (Å²) in [7, 11) is 0. The molecular weight excluding hydrogens is 218 g/mol. The van der Waals surface area contributed by atoms with Gasteiger partial charge in [-0.25, -0.2) is 0 Å². The van der Waals surface area contributed by atoms with E-state index in [0.717, 1.165) is 31.6 Å². The van der Waals surface area contributed by atoms with E-state index in [-0.39, 0.29) is 23.1 Å². The van der Waals surface area contributed by atoms with Crippen LogP contribution in [0, 0.1) is 6.92 Å². The Morgan fingerprint density at radius 2 is 2.06 bits per heavy atom. The normalized spacial score (nSPS) is 16.8. The molecule has 1 aromatic heterocycles. The fourth-order valence-electron chi connectivity index (χ4n) is 1.98. The fraction of sp³-hybridized carbons (Fsp3) is 0.500. The first-order valence-corrected chi connectivity index (χ1v) is 5.88. The van der Waals surface area contributed by atoms with Crippen LogP contribution in [0.15, 0.2) is 16.9 Å². The Balaban J connectivity index is 2.06. The van der Waals surface area contributed by atoms with Gasteiger partial charge >= 0.3 is 0 Å². The van der Waals surface area contributed by atoms with E-state index in [4.69, 9.17) is 0 Å². The summed E-state index contributed by atoms with van der Waals surface area (Å²) in [5, 5.41) is 6.12. The van der Waals surface area contributed by atoms with Crippen LogP contribution >= 0.6 is 0 Å². The molecule has 1 fully saturated rings. The lowest BCUT2D eigenvalue weighted by molar-refractivity contribution is 0.0928. The van der Waals surface area contributed by atoms with Crippen molar-refractivity contribution >= 4 is 5.91 Å². The van der Waals surface area contributed by atoms with Crippen LogP contribution in [0.25, 0.3) is 0 Å². The lowest BCUT2D eigenvalue weighted by atomic mass is 10.1. The number of rotatable bonds is 2. The number of carbonyl (C=O) groups is 1. The van der Waals surface area contributed by atoms with Crippen LogP contribution in [-0.2, 0) is 0 Å². The molecule has 17 heavy (non-hydrogen) atoms. The van der Waals surface area contributed by atoms with Gasteiger partial charge in [-0.1, -0.05) is 0 Å². The van der Waals surface area contributed by atoms with Gasteiger partial charge in [0.25, 0.3) is 11.5 Å². The first-order valence-electron chi connectivity index (χ1n) is 5.88. The number of amides is 1. The van der Waals surface area contributed by atoms with Crippen molar-refractivity contribution in [2.75, 3.05) is 13.1 Å². The van der Waals surface area contributed by atoms with Gasteiger partial charge in [0.15, 0.2) is 0 Å². The molecule has 1 amide bonds. The van der Waals surface area contributed by atoms with Crippen molar-refractivity contribution in [3.8, 4) is 0 Å². The van der Waals surface area contributed by atoms with E-state index in [2.05, 4.69) is 15.6 Å². The Bertz CT molecular complexity index is 461. The monoisotopic (exact) mass is 235 g/mol. The second-order valence-electron chi connectivity index (χ2n) is 4.38. The number of pyridine rings is 1. The van der Waals surface area contributed by atoms with E-state index in [0.29, 0.717) is 0 Å². The summed E-state index contributed by atoms with van der Waals surface area (Å²) in [6.45, 7) is 3.61. The summed E-state index contributed by atoms with van der Waals surface area (Å²) in [4.78, 5) is 26.1. The molecule has 92 valence electrons. The fourth-order valence-corrected chi connectivity index (χ4v) is 1.98. The highest BCUT2D eigenvalue weighted by Gasteiger charge is 2.17. The van der Waals surface area contributed by atoms with Crippen molar-refractivity contribution in [2.45, 2.75) is 25.8 Å². The van der Waals surface area contributed by atoms with E-state index < -0.39 is 0 Å². The number of hydrogen-bond donors (Lipinski definition) is 3. The van der Waals surface area contributed by atoms with Crippen LogP contribution < -0.4 is 16.2 Å². The van der Waals surface area contributed by atoms with Crippen molar-refractivity contribution in [1.29, 1.82) is 0 Å². The average molecular weight is 235 g/mol. The molecule has 1 aromatic rings. The summed E-state index contributed by atoms with van der Waals surface area (Å²) in [6.07, 6.45) is 1.82. The van der Waals surface area contributed by atoms with E-state index in [1.54, 1.807) is 19.1 Å². The number of aromatic nitrogens is 1. The van der Waals surface area contributed by atoms with E-state index >= 15 is 0 Å². The van der Waals surface area contributed by atoms with Gasteiger partial charge < -0.3 is 15.6 Å². The van der Waals surface area contributed by atoms with Crippen molar-refractivity contribution < 1.29 is 4.79 Å². The molecule has 5 nitrogen and oxygen atoms in total. The third-order valence-electron chi connectivity index (χ3n) is 2.97. The molecule has 5 heteroatoms. The molecular formula is C12H17N3O2. The Morgan fingerprint density at radius 1 is 1.35 bits per heavy atom. The van der Waals surface area contributed by atoms with Crippen molar-refractivity contribution in [1.82, 2.24) is 15.6 Å². The van der Waals surface area contributed by atoms with Crippen LogP contribution in [0.4, 0.5) is 0 Å². The van der Waals surface area contributed by atoms with Gasteiger partial charge in [-0.3, -0.25) is 9.59 Å². The van der Waals surface area contributed by atoms with Crippen molar-refractivity contribution in [3.05, 3.63) is 33.7 Å². The molecule has 0 aromatic carbocycles. The molecule has 0 saturated carbocycles. The van der Waals surface area contributed by atoms with E-state index in [1.165, 1.54) is 0 Å². The summed E-state index contributed by atoms with van der Waals surface area (Å²) < 4.78 is 0. The summed E-state index contributed by atoms with van der Waals surface area (Å²) in [6, 6.07) is 3.48. The van der Waals surface area contributed by atoms with Gasteiger partial charge in [0, 0.05) is 11.7 Å². The molecule has 1 aliphatic rings. The third-order valence-corrected chi connectivity index (χ3v) is 2.97. The highest BCUT2D eigenvalue weighted by atomic mass is 16.2. The van der Waals surface area contributed by atoms with E-state index in [1.807, 2.05) is 0 Å². The minimum absolute atomic E-state index is 0.171. The number of carbonyl (C=O) groups excluding carboxylic acids is 1. The van der Waals surface area contributed by atoms with Crippen molar-refractivity contribution in [2.24, 2.45) is 0 Å². The lowest BCUT2D eigenvalue weighted by Gasteiger charge is -2.23. The largest absolute Gasteiger partial charge is 0.349 e. The minimum atomic E-state index is -0.323. The first kappa shape index (κ1) is 11.9. The molecule has 1 saturated heterocycles. The third kappa shape index (κ3) is 2.94. The second kappa shape index (κ2) is 5.14. The number of aromatic amines is 1. The lowest BCUT2D eigenvalue weighted by Crippen LogP contribution is -2.43. The summed E-state index contributed by atoms with van der Waals surface area (Å²) in [5.74, 6) is -0.279. The summed E-state index contributed by atoms with van der Waals surface area (Å²) >= 11 is 0. The molecule has 0 atom stereocenters. The van der Waals surface area contributed by atoms with Gasteiger partial charge in [0.2, 0.25) is 0 Å². The molecule has 3 N–H and O–H groups in total. The smallest absolute Gasteiger partial charge is 0.260 e. The molecule has 0 spiro atoms. The topological polar surface area (TPSA) is 74.0 Å². The summed E-state index contributed by atoms with van der Waals surface area (Å²) in [5.41, 5.74) is 0.624. The number of piperidine rings is 1. The maximum absolute atomic E-state index is 11.9. The Labute approximate surface area is 99.6 Å². The predicted molar refractivity (Wildman–Crippen MR) is 65.2 cm³/mol. The van der Waals surface area contributed by atoms with Crippen molar-refractivity contribution in [3.63, 3.8) is 0 Å². The predicted octanol–water partition coefficient (Wildman–Crippen LogP) is 0.165. The number of H-pyrrole nitrogens is 1. The van der Waals surface area contributed by atoms with Gasteiger partial charge in [0.1, 0.15) is 5.56 Å². The zero-order chi connectivity index (χ0) is 12.3. The minimum Gasteiger partial charge on any atom is -0.349 e. The maximum Gasteiger partial charge on any atom is 0.260 e. The second-order valence-corrected chi connectivity index (χ2v) is 4.38. The standard InChI is InChI=1S/C12H17N3O2/c1-8-2-3-10(11(16)14-8)12(17)15-9-4-6-13-7-5-9/h2-3,9,13H,4-7H2,1H3,(H,14,16)(H,15,17). The molecule has 2 heterocycles. The van der Waals surface area contributed by atoms with Crippen LogP contribution in [0.5, 0.6) is 0 Å². The van der Waals surface area contributed by atoms with Crippen LogP contribution in [0.2, 0.25) is 0 Å². The zero-order valence-electron chi connectivity index (χ0n) is 9.88. The molecule has 0 aliphatic carbocycles. The van der Waals surface area contributed by atoms with Gasteiger partial charge in [0.05, 0.1) is 0 Å². The SMILES string of the molecule is Cc1ccc(C(=O)NC2CCNCC2)c(=O)[nH]1. The number of hydrogen-bond acceptors (Lipinski definition) is 3. The van der Waals surface area contributed by atoms with E-state index in [9.17, 15) is 9.59 Å². The van der Waals surface area contributed by atoms with Crippen LogP contribution in [-0.4, -0.2) is 30.0 Å². The van der Waals surface area contributed by atoms with Crippen LogP contribution in [0.1, 0.15) is 28.9 Å². The van der Waals surface area contributed by atoms with Crippen LogP contribution in [0.3, 0.4) is 0 Å². The molecule has 1 aliphatic heterocycles. The van der Waals surface area contributed by atoms with Gasteiger partial charge in [-0.2, -0.15) is 0 Å². The molecule has 2 rings (SSSR count). The highest BCUT2D eigenvalue weighted by molar-refractivity contribution is 5.93. The number of nitrogens with one attached hydrogen (secondary N) is 3. The quantitative estimate of drug-likeness (QED) is 0.684. The molecule has 0 unspecified atom stereocenters. The zero-order valence-corrected chi connectivity index (χ0v) is 9.88. The highest BCUT2D eigenvalue weighted by Crippen LogP contribution is 2.03. The van der Waals surface area contributed by atoms with Gasteiger partial charge in [-0.05, 0) is 45.0 Å². The Morgan fingerprint density at radius 3 is 2.71 bits per heavy atom. The molecule has 0 bridgehead atoms. The van der Waals surface area contributed by atoms with Gasteiger partial charge in [-0.15, -0.1) is 0 Å².